The van der Waals surface area contributed by atoms with E-state index in [1.807, 2.05) is 0 Å². The lowest BCUT2D eigenvalue weighted by Crippen LogP contribution is -2.65. The molecule has 0 bridgehead atoms. The van der Waals surface area contributed by atoms with Crippen LogP contribution in [0.3, 0.4) is 0 Å². The molecule has 0 spiro atoms. The van der Waals surface area contributed by atoms with E-state index in [1.165, 1.54) is 12.1 Å². The first-order chi connectivity index (χ1) is 12.9. The summed E-state index contributed by atoms with van der Waals surface area (Å²) in [4.78, 5) is 11.0. The highest BCUT2D eigenvalue weighted by molar-refractivity contribution is 7.86. The predicted octanol–water partition coefficient (Wildman–Crippen LogP) is -2.33. The Balaban J connectivity index is 2.07. The molecule has 0 aliphatic carbocycles. The Kier molecular flexibility index (Phi) is 6.78. The summed E-state index contributed by atoms with van der Waals surface area (Å²) < 4.78 is 33.9. The molecule has 7 N–H and O–H groups in total. The van der Waals surface area contributed by atoms with Crippen molar-refractivity contribution in [3.05, 3.63) is 29.8 Å². The molecule has 0 amide bonds. The minimum atomic E-state index is -4.23. The Bertz CT molecular complexity index is 798. The fourth-order valence-electron chi connectivity index (χ4n) is 2.68. The first-order valence-corrected chi connectivity index (χ1v) is 9.67. The van der Waals surface area contributed by atoms with Crippen LogP contribution in [-0.4, -0.2) is 82.8 Å². The van der Waals surface area contributed by atoms with Crippen LogP contribution >= 0.6 is 0 Å². The summed E-state index contributed by atoms with van der Waals surface area (Å²) >= 11 is 0. The Morgan fingerprint density at radius 3 is 2.46 bits per heavy atom. The highest BCUT2D eigenvalue weighted by Gasteiger charge is 2.52. The third-order valence-electron chi connectivity index (χ3n) is 4.41. The van der Waals surface area contributed by atoms with Gasteiger partial charge in [-0.2, -0.15) is 8.42 Å². The number of benzene rings is 1. The monoisotopic (exact) mass is 421 g/mol. The largest absolute Gasteiger partial charge is 0.477 e. The summed E-state index contributed by atoms with van der Waals surface area (Å²) in [5.74, 6) is -4.64. The van der Waals surface area contributed by atoms with Gasteiger partial charge in [0, 0.05) is 6.42 Å². The van der Waals surface area contributed by atoms with E-state index in [9.17, 15) is 33.6 Å². The Labute approximate surface area is 161 Å². The number of carboxylic acids is 1. The van der Waals surface area contributed by atoms with Crippen molar-refractivity contribution in [2.45, 2.75) is 54.5 Å². The summed E-state index contributed by atoms with van der Waals surface area (Å²) in [6, 6.07) is 4.35. The molecule has 1 unspecified atom stereocenters. The molecule has 2 rings (SSSR count). The van der Waals surface area contributed by atoms with Gasteiger partial charge < -0.3 is 36.0 Å². The first-order valence-electron chi connectivity index (χ1n) is 8.27. The van der Waals surface area contributed by atoms with Crippen molar-refractivity contribution in [2.75, 3.05) is 6.61 Å². The standard InChI is InChI=1S/C16H23NO10S/c1-8-2-4-9(5-3-8)28(24,25)26-7-11(19)13(20)14-12(17)10(18)6-16(23,27-14)15(21)22/h2-5,10-14,18-20,23H,6-7,17H2,1H3,(H,21,22)/t10-,11-,12-,13-,14?,16+/m1/s1. The van der Waals surface area contributed by atoms with Crippen LogP contribution in [0.25, 0.3) is 0 Å². The van der Waals surface area contributed by atoms with Crippen LogP contribution in [0.1, 0.15) is 12.0 Å². The van der Waals surface area contributed by atoms with Crippen LogP contribution < -0.4 is 5.73 Å². The van der Waals surface area contributed by atoms with Crippen LogP contribution in [0, 0.1) is 6.92 Å². The maximum Gasteiger partial charge on any atom is 0.364 e. The van der Waals surface area contributed by atoms with E-state index >= 15 is 0 Å². The fraction of sp³-hybridized carbons (Fsp3) is 0.562. The van der Waals surface area contributed by atoms with Crippen LogP contribution in [0.2, 0.25) is 0 Å². The van der Waals surface area contributed by atoms with E-state index < -0.39 is 65.4 Å². The second kappa shape index (κ2) is 8.39. The number of ether oxygens (including phenoxy) is 1. The highest BCUT2D eigenvalue weighted by Crippen LogP contribution is 2.29. The van der Waals surface area contributed by atoms with Crippen molar-refractivity contribution < 1.29 is 47.7 Å². The smallest absolute Gasteiger partial charge is 0.364 e. The first kappa shape index (κ1) is 22.6. The van der Waals surface area contributed by atoms with Crippen molar-refractivity contribution in [1.29, 1.82) is 0 Å². The third-order valence-corrected chi connectivity index (χ3v) is 5.71. The molecule has 11 nitrogen and oxygen atoms in total. The Morgan fingerprint density at radius 1 is 1.36 bits per heavy atom. The van der Waals surface area contributed by atoms with Gasteiger partial charge in [0.1, 0.15) is 18.3 Å². The van der Waals surface area contributed by atoms with Crippen LogP contribution in [-0.2, 0) is 23.8 Å². The number of carboxylic acid groups (broad SMARTS) is 1. The van der Waals surface area contributed by atoms with Gasteiger partial charge in [0.25, 0.3) is 15.9 Å². The van der Waals surface area contributed by atoms with E-state index in [0.717, 1.165) is 5.56 Å². The molecule has 0 radical (unpaired) electrons. The molecule has 0 aromatic heterocycles. The van der Waals surface area contributed by atoms with Crippen molar-refractivity contribution in [1.82, 2.24) is 0 Å². The lowest BCUT2D eigenvalue weighted by atomic mass is 9.89. The second-order valence-electron chi connectivity index (χ2n) is 6.63. The van der Waals surface area contributed by atoms with Gasteiger partial charge in [0.05, 0.1) is 23.6 Å². The predicted molar refractivity (Wildman–Crippen MR) is 92.4 cm³/mol. The molecule has 1 aliphatic heterocycles. The van der Waals surface area contributed by atoms with Gasteiger partial charge in [0.15, 0.2) is 0 Å². The van der Waals surface area contributed by atoms with E-state index in [4.69, 9.17) is 19.8 Å². The van der Waals surface area contributed by atoms with Gasteiger partial charge in [-0.15, -0.1) is 0 Å². The van der Waals surface area contributed by atoms with Gasteiger partial charge in [-0.05, 0) is 19.1 Å². The lowest BCUT2D eigenvalue weighted by molar-refractivity contribution is -0.292. The van der Waals surface area contributed by atoms with Crippen molar-refractivity contribution in [3.8, 4) is 0 Å². The van der Waals surface area contributed by atoms with Crippen molar-refractivity contribution in [3.63, 3.8) is 0 Å². The maximum absolute atomic E-state index is 12.1. The van der Waals surface area contributed by atoms with Crippen LogP contribution in [0.15, 0.2) is 29.2 Å². The molecule has 1 aromatic carbocycles. The number of aliphatic hydroxyl groups is 4. The molecule has 1 aromatic rings. The molecule has 12 heteroatoms. The number of nitrogens with two attached hydrogens (primary N) is 1. The normalized spacial score (nSPS) is 30.6. The summed E-state index contributed by atoms with van der Waals surface area (Å²) in [5.41, 5.74) is 6.48. The maximum atomic E-state index is 12.1. The number of rotatable bonds is 7. The average molecular weight is 421 g/mol. The van der Waals surface area contributed by atoms with E-state index in [-0.39, 0.29) is 4.90 Å². The molecule has 158 valence electrons. The molecular formula is C16H23NO10S. The molecular weight excluding hydrogens is 398 g/mol. The quantitative estimate of drug-likeness (QED) is 0.258. The zero-order valence-electron chi connectivity index (χ0n) is 14.9. The van der Waals surface area contributed by atoms with Crippen molar-refractivity contribution >= 4 is 16.1 Å². The number of hydrogen-bond acceptors (Lipinski definition) is 10. The van der Waals surface area contributed by atoms with E-state index in [2.05, 4.69) is 0 Å². The van der Waals surface area contributed by atoms with Crippen LogP contribution in [0.5, 0.6) is 0 Å². The Morgan fingerprint density at radius 2 is 1.93 bits per heavy atom. The van der Waals surface area contributed by atoms with Gasteiger partial charge in [-0.25, -0.2) is 4.79 Å². The zero-order chi connectivity index (χ0) is 21.3. The summed E-state index contributed by atoms with van der Waals surface area (Å²) in [5, 5.41) is 49.0. The van der Waals surface area contributed by atoms with E-state index in [1.54, 1.807) is 19.1 Å². The van der Waals surface area contributed by atoms with Gasteiger partial charge in [-0.3, -0.25) is 4.18 Å². The number of aliphatic hydroxyl groups excluding tert-OH is 3. The second-order valence-corrected chi connectivity index (χ2v) is 8.25. The number of hydrogen-bond donors (Lipinski definition) is 6. The molecule has 28 heavy (non-hydrogen) atoms. The minimum Gasteiger partial charge on any atom is -0.477 e. The van der Waals surface area contributed by atoms with Gasteiger partial charge in [0.2, 0.25) is 0 Å². The van der Waals surface area contributed by atoms with Crippen LogP contribution in [0.4, 0.5) is 0 Å². The Hall–Kier alpha value is -1.64. The minimum absolute atomic E-state index is 0.166. The lowest BCUT2D eigenvalue weighted by Gasteiger charge is -2.43. The number of aryl methyl sites for hydroxylation is 1. The summed E-state index contributed by atoms with van der Waals surface area (Å²) in [6.45, 7) is 0.864. The van der Waals surface area contributed by atoms with Crippen molar-refractivity contribution in [2.24, 2.45) is 5.73 Å². The highest BCUT2D eigenvalue weighted by atomic mass is 32.2. The SMILES string of the molecule is Cc1ccc(S(=O)(=O)OC[C@@H](O)[C@@H](O)C2O[C@](O)(C(=O)O)C[C@@H](O)[C@H]2N)cc1. The molecule has 1 saturated heterocycles. The molecule has 0 saturated carbocycles. The molecule has 1 heterocycles. The topological polar surface area (TPSA) is 197 Å². The third kappa shape index (κ3) is 4.85. The van der Waals surface area contributed by atoms with Gasteiger partial charge in [-0.1, -0.05) is 17.7 Å². The zero-order valence-corrected chi connectivity index (χ0v) is 15.7. The molecule has 6 atom stereocenters. The molecule has 1 aliphatic rings. The molecule has 1 fully saturated rings. The average Bonchev–Trinajstić information content (AvgIpc) is 2.62. The van der Waals surface area contributed by atoms with Gasteiger partial charge >= 0.3 is 5.97 Å². The number of carbonyl (C=O) groups is 1. The summed E-state index contributed by atoms with van der Waals surface area (Å²) in [6.07, 6.45) is -7.84. The summed E-state index contributed by atoms with van der Waals surface area (Å²) in [7, 11) is -4.23. The fourth-order valence-corrected chi connectivity index (χ4v) is 3.60. The number of aliphatic carboxylic acids is 1. The van der Waals surface area contributed by atoms with E-state index in [0.29, 0.717) is 0 Å².